The Morgan fingerprint density at radius 3 is 3.00 bits per heavy atom. The van der Waals surface area contributed by atoms with Gasteiger partial charge in [0.25, 0.3) is 5.91 Å². The molecule has 2 aliphatic rings. The molecule has 3 N–H and O–H groups in total. The summed E-state index contributed by atoms with van der Waals surface area (Å²) in [5.41, 5.74) is -1.45. The van der Waals surface area contributed by atoms with Gasteiger partial charge in [0, 0.05) is 30.5 Å². The van der Waals surface area contributed by atoms with Crippen LogP contribution in [-0.4, -0.2) is 101 Å². The predicted molar refractivity (Wildman–Crippen MR) is 129 cm³/mol. The van der Waals surface area contributed by atoms with Gasteiger partial charge in [0.1, 0.15) is 28.6 Å². The van der Waals surface area contributed by atoms with Gasteiger partial charge in [0.15, 0.2) is 10.8 Å². The predicted octanol–water partition coefficient (Wildman–Crippen LogP) is -1.26. The van der Waals surface area contributed by atoms with E-state index in [1.165, 1.54) is 38.5 Å². The molecule has 0 spiro atoms. The van der Waals surface area contributed by atoms with Crippen LogP contribution in [-0.2, 0) is 31.1 Å². The number of oxime groups is 1. The van der Waals surface area contributed by atoms with Crippen molar-refractivity contribution >= 4 is 69.9 Å². The minimum absolute atomic E-state index is 0.0392. The van der Waals surface area contributed by atoms with E-state index >= 15 is 0 Å². The number of carboxylic acids is 1. The van der Waals surface area contributed by atoms with Crippen LogP contribution in [0.15, 0.2) is 15.7 Å². The molecule has 2 unspecified atom stereocenters. The topological polar surface area (TPSA) is 218 Å². The van der Waals surface area contributed by atoms with Gasteiger partial charge < -0.3 is 25.5 Å². The molecule has 0 aliphatic carbocycles. The van der Waals surface area contributed by atoms with Crippen molar-refractivity contribution in [2.75, 3.05) is 30.0 Å². The Morgan fingerprint density at radius 1 is 1.51 bits per heavy atom. The normalized spacial score (nSPS) is 22.9. The van der Waals surface area contributed by atoms with E-state index < -0.39 is 41.2 Å². The third kappa shape index (κ3) is 5.35. The first-order valence-electron chi connectivity index (χ1n) is 10.3. The van der Waals surface area contributed by atoms with Crippen molar-refractivity contribution in [3.63, 3.8) is 0 Å². The Labute approximate surface area is 220 Å². The van der Waals surface area contributed by atoms with Crippen LogP contribution in [0.5, 0.6) is 0 Å². The number of hydrogen-bond donors (Lipinski definition) is 3. The van der Waals surface area contributed by atoms with Gasteiger partial charge in [-0.05, 0) is 10.4 Å². The quantitative estimate of drug-likeness (QED) is 0.0723. The van der Waals surface area contributed by atoms with E-state index in [1.807, 2.05) is 0 Å². The Morgan fingerprint density at radius 2 is 2.32 bits per heavy atom. The minimum Gasteiger partial charge on any atom is -0.481 e. The summed E-state index contributed by atoms with van der Waals surface area (Å²) in [6.07, 6.45) is 0.424. The number of nitrogens with one attached hydrogen (secondary N) is 2. The molecular formula is C18H18N10O6S3. The van der Waals surface area contributed by atoms with Crippen LogP contribution in [0.1, 0.15) is 5.69 Å². The summed E-state index contributed by atoms with van der Waals surface area (Å²) in [5, 5.41) is 40.1. The SMILES string of the molecule is Cn1nnnc1SCC1(C(=O)O)CS[C@@H]2C(NC(=O)C(=NOCC#N)c3csc(NC=O)n3)C(=O)N2C1. The van der Waals surface area contributed by atoms with Crippen molar-refractivity contribution in [3.05, 3.63) is 11.1 Å². The van der Waals surface area contributed by atoms with Crippen molar-refractivity contribution in [3.8, 4) is 6.07 Å². The minimum atomic E-state index is -1.23. The Bertz CT molecular complexity index is 1290. The largest absolute Gasteiger partial charge is 0.481 e. The van der Waals surface area contributed by atoms with Crippen molar-refractivity contribution in [1.82, 2.24) is 35.4 Å². The lowest BCUT2D eigenvalue weighted by Crippen LogP contribution is -2.74. The Kier molecular flexibility index (Phi) is 7.89. The number of aryl methyl sites for hydroxylation is 1. The number of anilines is 1. The number of carboxylic acid groups (broad SMARTS) is 1. The second kappa shape index (κ2) is 11.1. The lowest BCUT2D eigenvalue weighted by atomic mass is 9.89. The molecule has 0 saturated carbocycles. The number of thiazole rings is 1. The molecule has 0 aromatic carbocycles. The molecule has 37 heavy (non-hydrogen) atoms. The number of β-lactam (4-membered cyclic amide) rings is 1. The van der Waals surface area contributed by atoms with Crippen molar-refractivity contribution in [1.29, 1.82) is 5.26 Å². The second-order valence-corrected chi connectivity index (χ2v) is 10.7. The highest BCUT2D eigenvalue weighted by molar-refractivity contribution is 8.00. The number of nitriles is 1. The molecule has 194 valence electrons. The number of aromatic nitrogens is 5. The van der Waals surface area contributed by atoms with Gasteiger partial charge >= 0.3 is 5.97 Å². The average molecular weight is 567 g/mol. The van der Waals surface area contributed by atoms with E-state index in [9.17, 15) is 24.3 Å². The van der Waals surface area contributed by atoms with Crippen LogP contribution in [0.2, 0.25) is 0 Å². The number of amides is 3. The zero-order valence-electron chi connectivity index (χ0n) is 18.9. The van der Waals surface area contributed by atoms with E-state index in [-0.39, 0.29) is 34.6 Å². The van der Waals surface area contributed by atoms with Crippen LogP contribution in [0.4, 0.5) is 5.13 Å². The molecule has 0 bridgehead atoms. The molecule has 4 heterocycles. The molecule has 3 amide bonds. The summed E-state index contributed by atoms with van der Waals surface area (Å²) in [7, 11) is 1.64. The molecule has 2 aliphatic heterocycles. The standard InChI is InChI=1S/C18H18N10O6S3/c1-27-17(23-25-26-27)37-7-18(15(32)33)5-28-13(31)11(14(28)36-6-18)22-12(30)10(24-34-3-2-19)9-4-35-16(21-9)20-8-29/h4,8,11,14H,3,5-7H2,1H3,(H,22,30)(H,32,33)(H,20,21,29)/t11?,14-,18?/m1/s1. The van der Waals surface area contributed by atoms with E-state index in [4.69, 9.17) is 10.1 Å². The van der Waals surface area contributed by atoms with Gasteiger partial charge in [0.2, 0.25) is 24.1 Å². The summed E-state index contributed by atoms with van der Waals surface area (Å²) < 4.78 is 1.43. The number of aliphatic carboxylic acids is 1. The van der Waals surface area contributed by atoms with Gasteiger partial charge in [-0.1, -0.05) is 16.9 Å². The molecule has 16 nitrogen and oxygen atoms in total. The van der Waals surface area contributed by atoms with Crippen molar-refractivity contribution < 1.29 is 29.1 Å². The Hall–Kier alpha value is -3.76. The van der Waals surface area contributed by atoms with Gasteiger partial charge in [-0.3, -0.25) is 19.2 Å². The third-order valence-electron chi connectivity index (χ3n) is 5.37. The number of fused-ring (bicyclic) bond motifs is 1. The van der Waals surface area contributed by atoms with Gasteiger partial charge in [-0.2, -0.15) is 5.26 Å². The summed E-state index contributed by atoms with van der Waals surface area (Å²) in [4.78, 5) is 59.1. The van der Waals surface area contributed by atoms with Gasteiger partial charge in [-0.25, -0.2) is 9.67 Å². The van der Waals surface area contributed by atoms with Crippen LogP contribution < -0.4 is 10.6 Å². The van der Waals surface area contributed by atoms with E-state index in [2.05, 4.69) is 36.3 Å². The maximum atomic E-state index is 13.0. The summed E-state index contributed by atoms with van der Waals surface area (Å²) in [6, 6.07) is 0.798. The first-order valence-corrected chi connectivity index (χ1v) is 13.3. The number of hydrogen-bond acceptors (Lipinski definition) is 14. The number of carbonyl (C=O) groups excluding carboxylic acids is 3. The van der Waals surface area contributed by atoms with E-state index in [0.29, 0.717) is 11.6 Å². The van der Waals surface area contributed by atoms with E-state index in [1.54, 1.807) is 13.1 Å². The lowest BCUT2D eigenvalue weighted by molar-refractivity contribution is -0.157. The molecule has 3 atom stereocenters. The van der Waals surface area contributed by atoms with Gasteiger partial charge in [-0.15, -0.1) is 28.2 Å². The van der Waals surface area contributed by atoms with Crippen molar-refractivity contribution in [2.24, 2.45) is 17.6 Å². The molecule has 2 saturated heterocycles. The highest BCUT2D eigenvalue weighted by Crippen LogP contribution is 2.44. The van der Waals surface area contributed by atoms with Crippen LogP contribution in [0, 0.1) is 16.7 Å². The highest BCUT2D eigenvalue weighted by Gasteiger charge is 2.57. The van der Waals surface area contributed by atoms with Gasteiger partial charge in [0.05, 0.1) is 0 Å². The zero-order valence-corrected chi connectivity index (χ0v) is 21.4. The zero-order chi connectivity index (χ0) is 26.6. The highest BCUT2D eigenvalue weighted by atomic mass is 32.2. The maximum Gasteiger partial charge on any atom is 0.313 e. The molecule has 4 rings (SSSR count). The number of tetrazole rings is 1. The smallest absolute Gasteiger partial charge is 0.313 e. The monoisotopic (exact) mass is 566 g/mol. The first kappa shape index (κ1) is 26.3. The fourth-order valence-corrected chi connectivity index (χ4v) is 6.86. The number of thioether (sulfide) groups is 2. The molecular weight excluding hydrogens is 548 g/mol. The van der Waals surface area contributed by atoms with E-state index in [0.717, 1.165) is 11.3 Å². The fourth-order valence-electron chi connectivity index (χ4n) is 3.49. The van der Waals surface area contributed by atoms with Crippen LogP contribution in [0.25, 0.3) is 0 Å². The molecule has 2 fully saturated rings. The molecule has 19 heteroatoms. The number of carbonyl (C=O) groups is 4. The average Bonchev–Trinajstić information content (AvgIpc) is 3.52. The van der Waals surface area contributed by atoms with Crippen LogP contribution >= 0.6 is 34.9 Å². The first-order chi connectivity index (χ1) is 17.8. The lowest BCUT2D eigenvalue weighted by Gasteiger charge is -2.53. The van der Waals surface area contributed by atoms with Crippen LogP contribution in [0.3, 0.4) is 0 Å². The number of rotatable bonds is 11. The molecule has 2 aromatic rings. The Balaban J connectivity index is 1.44. The number of nitrogens with zero attached hydrogens (tertiary/aromatic N) is 8. The summed E-state index contributed by atoms with van der Waals surface area (Å²) in [6.45, 7) is -0.461. The summed E-state index contributed by atoms with van der Waals surface area (Å²) >= 11 is 3.47. The maximum absolute atomic E-state index is 13.0. The summed E-state index contributed by atoms with van der Waals surface area (Å²) in [5.74, 6) is -1.93. The molecule has 2 aromatic heterocycles. The fraction of sp³-hybridized carbons (Fsp3) is 0.444. The second-order valence-electron chi connectivity index (χ2n) is 7.75. The van der Waals surface area contributed by atoms with Crippen molar-refractivity contribution in [2.45, 2.75) is 16.6 Å². The third-order valence-corrected chi connectivity index (χ3v) is 9.04. The molecule has 0 radical (unpaired) electrons.